The molecule has 0 saturated heterocycles. The van der Waals surface area contributed by atoms with E-state index in [1.54, 1.807) is 0 Å². The van der Waals surface area contributed by atoms with Gasteiger partial charge in [-0.05, 0) is 102 Å². The largest absolute Gasteiger partial charge is 0.374 e. The topological polar surface area (TPSA) is 31.8 Å². The van der Waals surface area contributed by atoms with E-state index < -0.39 is 0 Å². The van der Waals surface area contributed by atoms with Gasteiger partial charge in [0.25, 0.3) is 0 Å². The van der Waals surface area contributed by atoms with Crippen LogP contribution in [0.1, 0.15) is 17.2 Å². The lowest BCUT2D eigenvalue weighted by Crippen LogP contribution is -2.20. The van der Waals surface area contributed by atoms with Gasteiger partial charge in [0.1, 0.15) is 0 Å². The minimum Gasteiger partial charge on any atom is -0.374 e. The molecular formula is C65H43N5. The summed E-state index contributed by atoms with van der Waals surface area (Å²) in [7, 11) is 0. The lowest BCUT2D eigenvalue weighted by Gasteiger charge is -2.23. The number of rotatable bonds is 6. The van der Waals surface area contributed by atoms with Gasteiger partial charge in [-0.15, -0.1) is 0 Å². The highest BCUT2D eigenvalue weighted by Crippen LogP contribution is 2.44. The maximum Gasteiger partial charge on any atom is 0.0702 e. The van der Waals surface area contributed by atoms with Crippen LogP contribution in [0.25, 0.3) is 116 Å². The molecule has 0 bridgehead atoms. The SMILES string of the molecule is C1=CC(c2cccc(-n3c4ccccc4c4cc5c(cc43)c3ccccc3n5-c3cccc(-n4c5ccccc5c5c4ccc4c6ccccc6n(-c6ccccc6)c45)c3)c2)NC(c2ccccc2)=C1. The number of allylic oxidation sites excluding steroid dienone is 2. The molecule has 0 saturated carbocycles. The highest BCUT2D eigenvalue weighted by molar-refractivity contribution is 6.26. The molecule has 0 spiro atoms. The number of benzene rings is 10. The van der Waals surface area contributed by atoms with Gasteiger partial charge in [-0.1, -0.05) is 158 Å². The molecule has 1 atom stereocenters. The molecule has 328 valence electrons. The van der Waals surface area contributed by atoms with Crippen LogP contribution in [0, 0.1) is 0 Å². The molecule has 0 fully saturated rings. The third kappa shape index (κ3) is 5.66. The van der Waals surface area contributed by atoms with Crippen molar-refractivity contribution in [3.8, 4) is 22.7 Å². The Hall–Kier alpha value is -9.32. The Morgan fingerprint density at radius 3 is 1.44 bits per heavy atom. The van der Waals surface area contributed by atoms with Crippen molar-refractivity contribution in [3.05, 3.63) is 260 Å². The molecule has 0 aliphatic carbocycles. The molecule has 0 amide bonds. The first-order valence-corrected chi connectivity index (χ1v) is 24.1. The Kier molecular flexibility index (Phi) is 8.36. The van der Waals surface area contributed by atoms with Crippen LogP contribution in [-0.2, 0) is 0 Å². The Bertz CT molecular complexity index is 4500. The first-order chi connectivity index (χ1) is 34.7. The molecule has 70 heavy (non-hydrogen) atoms. The molecule has 4 aromatic heterocycles. The van der Waals surface area contributed by atoms with E-state index in [0.717, 1.165) is 28.4 Å². The molecule has 14 aromatic rings. The Morgan fingerprint density at radius 2 is 0.800 bits per heavy atom. The summed E-state index contributed by atoms with van der Waals surface area (Å²) in [6, 6.07) is 84.5. The van der Waals surface area contributed by atoms with Gasteiger partial charge in [0.15, 0.2) is 0 Å². The van der Waals surface area contributed by atoms with Gasteiger partial charge >= 0.3 is 0 Å². The Labute approximate surface area is 403 Å². The zero-order valence-electron chi connectivity index (χ0n) is 38.0. The van der Waals surface area contributed by atoms with Crippen LogP contribution in [0.3, 0.4) is 0 Å². The highest BCUT2D eigenvalue weighted by Gasteiger charge is 2.23. The molecule has 15 rings (SSSR count). The van der Waals surface area contributed by atoms with Crippen LogP contribution in [0.2, 0.25) is 0 Å². The summed E-state index contributed by atoms with van der Waals surface area (Å²) in [5.41, 5.74) is 17.5. The van der Waals surface area contributed by atoms with Crippen molar-refractivity contribution in [1.29, 1.82) is 0 Å². The van der Waals surface area contributed by atoms with Crippen molar-refractivity contribution in [2.45, 2.75) is 6.04 Å². The molecule has 10 aromatic carbocycles. The van der Waals surface area contributed by atoms with Crippen LogP contribution in [0.4, 0.5) is 0 Å². The van der Waals surface area contributed by atoms with Gasteiger partial charge < -0.3 is 23.6 Å². The van der Waals surface area contributed by atoms with Gasteiger partial charge in [-0.2, -0.15) is 0 Å². The monoisotopic (exact) mass is 893 g/mol. The number of nitrogens with one attached hydrogen (secondary N) is 1. The van der Waals surface area contributed by atoms with Gasteiger partial charge in [0, 0.05) is 71.5 Å². The average Bonchev–Trinajstić information content (AvgIpc) is 4.16. The van der Waals surface area contributed by atoms with Crippen LogP contribution in [0.5, 0.6) is 0 Å². The number of fused-ring (bicyclic) bond motifs is 13. The molecular weight excluding hydrogens is 851 g/mol. The van der Waals surface area contributed by atoms with E-state index in [2.05, 4.69) is 272 Å². The van der Waals surface area contributed by atoms with Gasteiger partial charge in [-0.25, -0.2) is 0 Å². The van der Waals surface area contributed by atoms with E-state index >= 15 is 0 Å². The summed E-state index contributed by atoms with van der Waals surface area (Å²) in [4.78, 5) is 0. The average molecular weight is 894 g/mol. The van der Waals surface area contributed by atoms with E-state index in [4.69, 9.17) is 0 Å². The smallest absolute Gasteiger partial charge is 0.0702 e. The van der Waals surface area contributed by atoms with Gasteiger partial charge in [0.2, 0.25) is 0 Å². The van der Waals surface area contributed by atoms with E-state index in [0.29, 0.717) is 0 Å². The molecule has 0 radical (unpaired) electrons. The summed E-state index contributed by atoms with van der Waals surface area (Å²) in [6.45, 7) is 0. The highest BCUT2D eigenvalue weighted by atomic mass is 15.0. The standard InChI is InChI=1S/C65H43N5/c1-3-18-42(19-4-1)55-30-17-31-56(66-55)43-20-15-23-45(38-43)68-57-32-11-8-27-49(57)53-41-63-54(40-62(53)68)50-28-9-12-33-58(50)69(63)47-25-16-24-46(39-47)67-60-35-14-10-29-52(60)64-61(67)37-36-51-48-26-7-13-34-59(48)70(65(51)64)44-21-5-2-6-22-44/h1-41,56,66H. The predicted octanol–water partition coefficient (Wildman–Crippen LogP) is 16.3. The number of para-hydroxylation sites is 5. The fourth-order valence-electron chi connectivity index (χ4n) is 11.8. The molecule has 1 N–H and O–H groups in total. The summed E-state index contributed by atoms with van der Waals surface area (Å²) in [6.07, 6.45) is 6.58. The number of hydrogen-bond donors (Lipinski definition) is 1. The summed E-state index contributed by atoms with van der Waals surface area (Å²) in [5.74, 6) is 0. The minimum atomic E-state index is 0.0399. The molecule has 5 heterocycles. The van der Waals surface area contributed by atoms with E-state index in [-0.39, 0.29) is 6.04 Å². The number of dihydropyridines is 1. The van der Waals surface area contributed by atoms with Crippen molar-refractivity contribution in [2.75, 3.05) is 0 Å². The first-order valence-electron chi connectivity index (χ1n) is 24.1. The van der Waals surface area contributed by atoms with E-state index in [1.165, 1.54) is 98.4 Å². The fraction of sp³-hybridized carbons (Fsp3) is 0.0154. The second-order valence-corrected chi connectivity index (χ2v) is 18.6. The summed E-state index contributed by atoms with van der Waals surface area (Å²) in [5, 5.41) is 13.7. The summed E-state index contributed by atoms with van der Waals surface area (Å²) < 4.78 is 9.85. The number of nitrogens with zero attached hydrogens (tertiary/aromatic N) is 4. The van der Waals surface area contributed by atoms with Crippen LogP contribution >= 0.6 is 0 Å². The molecule has 1 unspecified atom stereocenters. The third-order valence-electron chi connectivity index (χ3n) is 14.7. The molecule has 1 aliphatic heterocycles. The molecule has 1 aliphatic rings. The van der Waals surface area contributed by atoms with Gasteiger partial charge in [0.05, 0.1) is 50.2 Å². The number of aromatic nitrogens is 4. The minimum absolute atomic E-state index is 0.0399. The molecule has 5 nitrogen and oxygen atoms in total. The Morgan fingerprint density at radius 1 is 0.314 bits per heavy atom. The molecule has 5 heteroatoms. The zero-order valence-corrected chi connectivity index (χ0v) is 38.0. The Balaban J connectivity index is 0.918. The quantitative estimate of drug-likeness (QED) is 0.177. The van der Waals surface area contributed by atoms with Crippen LogP contribution < -0.4 is 5.32 Å². The van der Waals surface area contributed by atoms with Crippen molar-refractivity contribution in [1.82, 2.24) is 23.6 Å². The number of hydrogen-bond acceptors (Lipinski definition) is 1. The van der Waals surface area contributed by atoms with Crippen molar-refractivity contribution in [2.24, 2.45) is 0 Å². The van der Waals surface area contributed by atoms with Gasteiger partial charge in [-0.3, -0.25) is 0 Å². The second-order valence-electron chi connectivity index (χ2n) is 18.6. The normalized spacial score (nSPS) is 14.0. The van der Waals surface area contributed by atoms with Crippen LogP contribution in [-0.4, -0.2) is 18.3 Å². The lowest BCUT2D eigenvalue weighted by atomic mass is 10.0. The second kappa shape index (κ2) is 15.1. The summed E-state index contributed by atoms with van der Waals surface area (Å²) >= 11 is 0. The van der Waals surface area contributed by atoms with Crippen molar-refractivity contribution < 1.29 is 0 Å². The zero-order chi connectivity index (χ0) is 45.9. The first kappa shape index (κ1) is 38.8. The third-order valence-corrected chi connectivity index (χ3v) is 14.7. The maximum atomic E-state index is 3.81. The van der Waals surface area contributed by atoms with Crippen molar-refractivity contribution in [3.63, 3.8) is 0 Å². The predicted molar refractivity (Wildman–Crippen MR) is 293 cm³/mol. The van der Waals surface area contributed by atoms with E-state index in [9.17, 15) is 0 Å². The van der Waals surface area contributed by atoms with E-state index in [1.807, 2.05) is 0 Å². The maximum absolute atomic E-state index is 3.81. The fourth-order valence-corrected chi connectivity index (χ4v) is 11.8. The van der Waals surface area contributed by atoms with Crippen LogP contribution in [0.15, 0.2) is 249 Å². The van der Waals surface area contributed by atoms with Crippen molar-refractivity contribution >= 4 is 92.9 Å². The lowest BCUT2D eigenvalue weighted by molar-refractivity contribution is 0.763.